The number of hydrogen-bond donors (Lipinski definition) is 1. The summed E-state index contributed by atoms with van der Waals surface area (Å²) in [6.45, 7) is 4.13. The minimum atomic E-state index is -4.03. The number of nitrogens with one attached hydrogen (secondary N) is 1. The third kappa shape index (κ3) is 7.07. The molecule has 0 bridgehead atoms. The van der Waals surface area contributed by atoms with E-state index in [1.807, 2.05) is 38.1 Å². The zero-order valence-electron chi connectivity index (χ0n) is 20.0. The lowest BCUT2D eigenvalue weighted by atomic mass is 10.2. The van der Waals surface area contributed by atoms with Crippen molar-refractivity contribution in [2.45, 2.75) is 25.2 Å². The van der Waals surface area contributed by atoms with Crippen molar-refractivity contribution in [1.82, 2.24) is 5.43 Å². The maximum absolute atomic E-state index is 13.4. The molecule has 0 aromatic heterocycles. The van der Waals surface area contributed by atoms with E-state index in [-0.39, 0.29) is 4.90 Å². The first kappa shape index (κ1) is 25.8. The van der Waals surface area contributed by atoms with E-state index >= 15 is 0 Å². The Labute approximate surface area is 206 Å². The van der Waals surface area contributed by atoms with Gasteiger partial charge in [-0.25, -0.2) is 13.8 Å². The van der Waals surface area contributed by atoms with Crippen LogP contribution in [-0.2, 0) is 14.8 Å². The Bertz CT molecular complexity index is 1240. The van der Waals surface area contributed by atoms with Crippen LogP contribution in [0.3, 0.4) is 0 Å². The molecule has 0 heterocycles. The largest absolute Gasteiger partial charge is 0.497 e. The summed E-state index contributed by atoms with van der Waals surface area (Å²) in [5, 5.41) is 3.97. The number of hydrogen-bond acceptors (Lipinski definition) is 6. The third-order valence-corrected chi connectivity index (χ3v) is 6.80. The molecular weight excluding hydrogens is 466 g/mol. The summed E-state index contributed by atoms with van der Waals surface area (Å²) >= 11 is 0. The predicted octanol–water partition coefficient (Wildman–Crippen LogP) is 4.14. The van der Waals surface area contributed by atoms with Crippen molar-refractivity contribution in [1.29, 1.82) is 0 Å². The van der Waals surface area contributed by atoms with Crippen LogP contribution in [0.2, 0.25) is 0 Å². The molecule has 3 aromatic rings. The minimum Gasteiger partial charge on any atom is -0.497 e. The van der Waals surface area contributed by atoms with Crippen LogP contribution in [0, 0.1) is 6.92 Å². The molecule has 8 nitrogen and oxygen atoms in total. The van der Waals surface area contributed by atoms with Crippen LogP contribution >= 0.6 is 0 Å². The van der Waals surface area contributed by atoms with Crippen molar-refractivity contribution in [2.75, 3.05) is 24.6 Å². The highest BCUT2D eigenvalue weighted by Gasteiger charge is 2.27. The van der Waals surface area contributed by atoms with E-state index in [1.165, 1.54) is 25.5 Å². The molecule has 0 aliphatic carbocycles. The van der Waals surface area contributed by atoms with Gasteiger partial charge < -0.3 is 9.47 Å². The highest BCUT2D eigenvalue weighted by atomic mass is 32.2. The van der Waals surface area contributed by atoms with Gasteiger partial charge in [-0.15, -0.1) is 0 Å². The first-order valence-corrected chi connectivity index (χ1v) is 12.6. The average Bonchev–Trinajstić information content (AvgIpc) is 2.87. The minimum absolute atomic E-state index is 0.0422. The molecule has 0 fully saturated rings. The topological polar surface area (TPSA) is 97.3 Å². The van der Waals surface area contributed by atoms with Gasteiger partial charge in [-0.1, -0.05) is 24.6 Å². The van der Waals surface area contributed by atoms with Crippen LogP contribution in [-0.4, -0.2) is 40.8 Å². The van der Waals surface area contributed by atoms with Crippen LogP contribution in [0.15, 0.2) is 82.8 Å². The van der Waals surface area contributed by atoms with Crippen molar-refractivity contribution < 1.29 is 22.7 Å². The summed E-state index contributed by atoms with van der Waals surface area (Å²) in [6.07, 6.45) is 2.40. The highest BCUT2D eigenvalue weighted by Crippen LogP contribution is 2.25. The fourth-order valence-electron chi connectivity index (χ4n) is 3.12. The number of methoxy groups -OCH3 is 1. The van der Waals surface area contributed by atoms with Gasteiger partial charge in [-0.05, 0) is 79.6 Å². The van der Waals surface area contributed by atoms with Crippen LogP contribution in [0.25, 0.3) is 0 Å². The number of sulfonamides is 1. The molecule has 35 heavy (non-hydrogen) atoms. The molecular formula is C26H29N3O5S. The van der Waals surface area contributed by atoms with Crippen LogP contribution in [0.1, 0.15) is 24.5 Å². The number of rotatable bonds is 11. The molecule has 9 heteroatoms. The SMILES string of the molecule is CCCOc1ccc(/C=N\NC(=O)CN(c2ccc(C)cc2)S(=O)(=O)c2ccc(OC)cc2)cc1. The molecule has 0 radical (unpaired) electrons. The van der Waals surface area contributed by atoms with E-state index in [2.05, 4.69) is 10.5 Å². The number of nitrogens with zero attached hydrogens (tertiary/aromatic N) is 2. The van der Waals surface area contributed by atoms with Gasteiger partial charge in [-0.3, -0.25) is 9.10 Å². The molecule has 0 aliphatic rings. The van der Waals surface area contributed by atoms with Crippen molar-refractivity contribution in [3.63, 3.8) is 0 Å². The van der Waals surface area contributed by atoms with Gasteiger partial charge in [0.25, 0.3) is 15.9 Å². The lowest BCUT2D eigenvalue weighted by molar-refractivity contribution is -0.119. The first-order chi connectivity index (χ1) is 16.8. The maximum Gasteiger partial charge on any atom is 0.264 e. The first-order valence-electron chi connectivity index (χ1n) is 11.1. The zero-order chi connectivity index (χ0) is 25.3. The lowest BCUT2D eigenvalue weighted by Gasteiger charge is -2.24. The zero-order valence-corrected chi connectivity index (χ0v) is 20.8. The number of anilines is 1. The van der Waals surface area contributed by atoms with Crippen LogP contribution < -0.4 is 19.2 Å². The molecule has 0 atom stereocenters. The monoisotopic (exact) mass is 495 g/mol. The van der Waals surface area contributed by atoms with Gasteiger partial charge in [0.15, 0.2) is 0 Å². The molecule has 1 amide bonds. The number of hydrazone groups is 1. The summed E-state index contributed by atoms with van der Waals surface area (Å²) in [6, 6.07) is 20.2. The van der Waals surface area contributed by atoms with Gasteiger partial charge in [0, 0.05) is 0 Å². The van der Waals surface area contributed by atoms with E-state index in [4.69, 9.17) is 9.47 Å². The maximum atomic E-state index is 13.4. The summed E-state index contributed by atoms with van der Waals surface area (Å²) in [5.74, 6) is 0.704. The molecule has 0 saturated carbocycles. The lowest BCUT2D eigenvalue weighted by Crippen LogP contribution is -2.39. The molecule has 0 unspecified atom stereocenters. The van der Waals surface area contributed by atoms with Crippen LogP contribution in [0.4, 0.5) is 5.69 Å². The average molecular weight is 496 g/mol. The molecule has 0 saturated heterocycles. The summed E-state index contributed by atoms with van der Waals surface area (Å²) in [4.78, 5) is 12.7. The van der Waals surface area contributed by atoms with E-state index < -0.39 is 22.5 Å². The van der Waals surface area contributed by atoms with Gasteiger partial charge in [0.1, 0.15) is 18.0 Å². The van der Waals surface area contributed by atoms with Crippen LogP contribution in [0.5, 0.6) is 11.5 Å². The normalized spacial score (nSPS) is 11.3. The van der Waals surface area contributed by atoms with E-state index in [1.54, 1.807) is 36.4 Å². The van der Waals surface area contributed by atoms with Gasteiger partial charge in [0.2, 0.25) is 0 Å². The third-order valence-electron chi connectivity index (χ3n) is 5.01. The number of benzene rings is 3. The molecule has 0 aliphatic heterocycles. The Kier molecular flexibility index (Phi) is 8.86. The fourth-order valence-corrected chi connectivity index (χ4v) is 4.54. The standard InChI is InChI=1S/C26H29N3O5S/c1-4-17-34-24-11-7-21(8-12-24)18-27-28-26(30)19-29(22-9-5-20(2)6-10-22)35(31,32)25-15-13-23(33-3)14-16-25/h5-16,18H,4,17,19H2,1-3H3,(H,28,30)/b27-18-. The van der Waals surface area contributed by atoms with Crippen molar-refractivity contribution in [3.05, 3.63) is 83.9 Å². The Balaban J connectivity index is 1.75. The Morgan fingerprint density at radius 2 is 1.60 bits per heavy atom. The van der Waals surface area contributed by atoms with Crippen molar-refractivity contribution in [3.8, 4) is 11.5 Å². The molecule has 0 spiro atoms. The number of amides is 1. The van der Waals surface area contributed by atoms with Gasteiger partial charge in [0.05, 0.1) is 30.5 Å². The summed E-state index contributed by atoms with van der Waals surface area (Å²) in [7, 11) is -2.52. The van der Waals surface area contributed by atoms with Crippen molar-refractivity contribution >= 4 is 27.8 Å². The Morgan fingerprint density at radius 1 is 0.971 bits per heavy atom. The fraction of sp³-hybridized carbons (Fsp3) is 0.231. The second-order valence-corrected chi connectivity index (χ2v) is 9.60. The number of aryl methyl sites for hydroxylation is 1. The second kappa shape index (κ2) is 12.0. The molecule has 184 valence electrons. The Hall–Kier alpha value is -3.85. The Morgan fingerprint density at radius 3 is 2.20 bits per heavy atom. The van der Waals surface area contributed by atoms with E-state index in [0.29, 0.717) is 18.0 Å². The van der Waals surface area contributed by atoms with Crippen molar-refractivity contribution in [2.24, 2.45) is 5.10 Å². The summed E-state index contributed by atoms with van der Waals surface area (Å²) < 4.78 is 38.5. The van der Waals surface area contributed by atoms with E-state index in [9.17, 15) is 13.2 Å². The number of carbonyl (C=O) groups is 1. The predicted molar refractivity (Wildman–Crippen MR) is 137 cm³/mol. The van der Waals surface area contributed by atoms with E-state index in [0.717, 1.165) is 27.6 Å². The number of ether oxygens (including phenoxy) is 2. The van der Waals surface area contributed by atoms with Gasteiger partial charge in [-0.2, -0.15) is 5.10 Å². The van der Waals surface area contributed by atoms with Gasteiger partial charge >= 0.3 is 0 Å². The molecule has 1 N–H and O–H groups in total. The highest BCUT2D eigenvalue weighted by molar-refractivity contribution is 7.92. The molecule has 3 rings (SSSR count). The smallest absolute Gasteiger partial charge is 0.264 e. The number of carbonyl (C=O) groups excluding carboxylic acids is 1. The summed E-state index contributed by atoms with van der Waals surface area (Å²) in [5.41, 5.74) is 4.50. The molecule has 3 aromatic carbocycles. The quantitative estimate of drug-likeness (QED) is 0.319. The second-order valence-electron chi connectivity index (χ2n) is 7.73.